The van der Waals surface area contributed by atoms with Crippen LogP contribution in [-0.4, -0.2) is 16.1 Å². The molecule has 0 amide bonds. The Kier molecular flexibility index (Phi) is 3.89. The Morgan fingerprint density at radius 1 is 1.25 bits per heavy atom. The number of carboxylic acids is 1. The van der Waals surface area contributed by atoms with E-state index in [4.69, 9.17) is 10.8 Å². The number of carboxylic acid groups (broad SMARTS) is 1. The molecule has 0 bridgehead atoms. The first-order valence-corrected chi connectivity index (χ1v) is 6.30. The molecule has 0 aliphatic heterocycles. The molecule has 0 saturated heterocycles. The van der Waals surface area contributed by atoms with Crippen molar-refractivity contribution in [2.45, 2.75) is 19.9 Å². The molecule has 0 aliphatic rings. The maximum absolute atomic E-state index is 10.9. The lowest BCUT2D eigenvalue weighted by Gasteiger charge is -2.16. The van der Waals surface area contributed by atoms with E-state index in [9.17, 15) is 4.79 Å². The van der Waals surface area contributed by atoms with Crippen LogP contribution in [0.2, 0.25) is 0 Å². The second-order valence-electron chi connectivity index (χ2n) is 4.72. The number of nitrogens with zero attached hydrogens (tertiary/aromatic N) is 1. The Balaban J connectivity index is 2.22. The first-order valence-electron chi connectivity index (χ1n) is 6.30. The minimum atomic E-state index is -1.07. The van der Waals surface area contributed by atoms with Gasteiger partial charge in [-0.05, 0) is 31.5 Å². The number of aromatic carboxylic acids is 1. The van der Waals surface area contributed by atoms with Gasteiger partial charge in [-0.2, -0.15) is 0 Å². The topological polar surface area (TPSA) is 88.2 Å². The van der Waals surface area contributed by atoms with E-state index in [1.807, 2.05) is 38.1 Å². The van der Waals surface area contributed by atoms with Crippen LogP contribution in [-0.2, 0) is 0 Å². The Bertz CT molecular complexity index is 624. The molecule has 1 aromatic carbocycles. The average Bonchev–Trinajstić information content (AvgIpc) is 2.41. The third-order valence-corrected chi connectivity index (χ3v) is 3.08. The zero-order valence-electron chi connectivity index (χ0n) is 11.4. The SMILES string of the molecule is Cc1ccc(C(C)Nc2nc(C(=O)O)ccc2N)cc1. The second-order valence-corrected chi connectivity index (χ2v) is 4.72. The third kappa shape index (κ3) is 3.06. The average molecular weight is 271 g/mol. The van der Waals surface area contributed by atoms with Gasteiger partial charge >= 0.3 is 5.97 Å². The second kappa shape index (κ2) is 5.61. The van der Waals surface area contributed by atoms with Gasteiger partial charge in [-0.3, -0.25) is 0 Å². The van der Waals surface area contributed by atoms with Gasteiger partial charge in [0.15, 0.2) is 11.5 Å². The molecule has 0 saturated carbocycles. The van der Waals surface area contributed by atoms with E-state index in [0.717, 1.165) is 5.56 Å². The summed E-state index contributed by atoms with van der Waals surface area (Å²) in [5.74, 6) is -0.686. The minimum Gasteiger partial charge on any atom is -0.477 e. The number of aryl methyl sites for hydroxylation is 1. The number of hydrogen-bond donors (Lipinski definition) is 3. The largest absolute Gasteiger partial charge is 0.477 e. The zero-order chi connectivity index (χ0) is 14.7. The number of benzene rings is 1. The molecule has 0 fully saturated rings. The first-order chi connectivity index (χ1) is 9.47. The van der Waals surface area contributed by atoms with Crippen LogP contribution in [0, 0.1) is 6.92 Å². The molecule has 1 unspecified atom stereocenters. The standard InChI is InChI=1S/C15H17N3O2/c1-9-3-5-11(6-4-9)10(2)17-14-12(16)7-8-13(18-14)15(19)20/h3-8,10H,16H2,1-2H3,(H,17,18)(H,19,20). The number of aromatic nitrogens is 1. The number of anilines is 2. The van der Waals surface area contributed by atoms with Crippen molar-refractivity contribution in [3.8, 4) is 0 Å². The van der Waals surface area contributed by atoms with Crippen LogP contribution in [0.1, 0.15) is 34.6 Å². The lowest BCUT2D eigenvalue weighted by molar-refractivity contribution is 0.0690. The van der Waals surface area contributed by atoms with E-state index in [-0.39, 0.29) is 11.7 Å². The number of nitrogens with one attached hydrogen (secondary N) is 1. The Morgan fingerprint density at radius 2 is 1.90 bits per heavy atom. The predicted octanol–water partition coefficient (Wildman–Crippen LogP) is 2.84. The van der Waals surface area contributed by atoms with Crippen molar-refractivity contribution in [1.82, 2.24) is 4.98 Å². The van der Waals surface area contributed by atoms with Gasteiger partial charge in [-0.25, -0.2) is 9.78 Å². The lowest BCUT2D eigenvalue weighted by Crippen LogP contribution is -2.12. The summed E-state index contributed by atoms with van der Waals surface area (Å²) in [6.45, 7) is 4.00. The number of pyridine rings is 1. The molecule has 5 nitrogen and oxygen atoms in total. The van der Waals surface area contributed by atoms with Gasteiger partial charge in [0, 0.05) is 0 Å². The maximum atomic E-state index is 10.9. The Hall–Kier alpha value is -2.56. The summed E-state index contributed by atoms with van der Waals surface area (Å²) in [5, 5.41) is 12.1. The van der Waals surface area contributed by atoms with Crippen molar-refractivity contribution in [2.75, 3.05) is 11.1 Å². The van der Waals surface area contributed by atoms with E-state index >= 15 is 0 Å². The number of nitrogens with two attached hydrogens (primary N) is 1. The smallest absolute Gasteiger partial charge is 0.354 e. The van der Waals surface area contributed by atoms with Crippen molar-refractivity contribution in [2.24, 2.45) is 0 Å². The highest BCUT2D eigenvalue weighted by atomic mass is 16.4. The maximum Gasteiger partial charge on any atom is 0.354 e. The van der Waals surface area contributed by atoms with Crippen molar-refractivity contribution in [3.05, 3.63) is 53.2 Å². The van der Waals surface area contributed by atoms with Crippen molar-refractivity contribution in [3.63, 3.8) is 0 Å². The number of rotatable bonds is 4. The van der Waals surface area contributed by atoms with E-state index in [1.165, 1.54) is 11.6 Å². The highest BCUT2D eigenvalue weighted by Gasteiger charge is 2.11. The molecule has 104 valence electrons. The van der Waals surface area contributed by atoms with Gasteiger partial charge in [-0.15, -0.1) is 0 Å². The molecular weight excluding hydrogens is 254 g/mol. The van der Waals surface area contributed by atoms with Crippen molar-refractivity contribution in [1.29, 1.82) is 0 Å². The zero-order valence-corrected chi connectivity index (χ0v) is 11.4. The molecular formula is C15H17N3O2. The van der Waals surface area contributed by atoms with E-state index in [2.05, 4.69) is 10.3 Å². The summed E-state index contributed by atoms with van der Waals surface area (Å²) < 4.78 is 0. The molecule has 2 rings (SSSR count). The fourth-order valence-corrected chi connectivity index (χ4v) is 1.85. The van der Waals surface area contributed by atoms with Crippen LogP contribution < -0.4 is 11.1 Å². The summed E-state index contributed by atoms with van der Waals surface area (Å²) in [6, 6.07) is 11.0. The monoisotopic (exact) mass is 271 g/mol. The summed E-state index contributed by atoms with van der Waals surface area (Å²) in [7, 11) is 0. The first kappa shape index (κ1) is 13.9. The third-order valence-electron chi connectivity index (χ3n) is 3.08. The molecule has 0 radical (unpaired) electrons. The Labute approximate surface area is 117 Å². The molecule has 4 N–H and O–H groups in total. The van der Waals surface area contributed by atoms with Gasteiger partial charge in [0.25, 0.3) is 0 Å². The predicted molar refractivity (Wildman–Crippen MR) is 78.8 cm³/mol. The van der Waals surface area contributed by atoms with Crippen LogP contribution in [0.5, 0.6) is 0 Å². The molecule has 1 atom stereocenters. The van der Waals surface area contributed by atoms with Crippen molar-refractivity contribution >= 4 is 17.5 Å². The van der Waals surface area contributed by atoms with E-state index in [0.29, 0.717) is 11.5 Å². The van der Waals surface area contributed by atoms with Gasteiger partial charge in [0.05, 0.1) is 11.7 Å². The van der Waals surface area contributed by atoms with Crippen LogP contribution >= 0.6 is 0 Å². The summed E-state index contributed by atoms with van der Waals surface area (Å²) >= 11 is 0. The van der Waals surface area contributed by atoms with Gasteiger partial charge in [-0.1, -0.05) is 29.8 Å². The minimum absolute atomic E-state index is 0.0190. The summed E-state index contributed by atoms with van der Waals surface area (Å²) in [6.07, 6.45) is 0. The Morgan fingerprint density at radius 3 is 2.50 bits per heavy atom. The molecule has 5 heteroatoms. The van der Waals surface area contributed by atoms with Gasteiger partial charge in [0.2, 0.25) is 0 Å². The quantitative estimate of drug-likeness (QED) is 0.795. The highest BCUT2D eigenvalue weighted by molar-refractivity contribution is 5.86. The fourth-order valence-electron chi connectivity index (χ4n) is 1.85. The molecule has 0 spiro atoms. The van der Waals surface area contributed by atoms with E-state index in [1.54, 1.807) is 6.07 Å². The molecule has 0 aliphatic carbocycles. The molecule has 1 heterocycles. The molecule has 20 heavy (non-hydrogen) atoms. The fraction of sp³-hybridized carbons (Fsp3) is 0.200. The van der Waals surface area contributed by atoms with Crippen LogP contribution in [0.25, 0.3) is 0 Å². The van der Waals surface area contributed by atoms with Crippen LogP contribution in [0.3, 0.4) is 0 Å². The highest BCUT2D eigenvalue weighted by Crippen LogP contribution is 2.23. The lowest BCUT2D eigenvalue weighted by atomic mass is 10.1. The van der Waals surface area contributed by atoms with Crippen molar-refractivity contribution < 1.29 is 9.90 Å². The molecule has 1 aromatic heterocycles. The summed E-state index contributed by atoms with van der Waals surface area (Å²) in [5.41, 5.74) is 8.48. The number of carbonyl (C=O) groups is 1. The van der Waals surface area contributed by atoms with E-state index < -0.39 is 5.97 Å². The van der Waals surface area contributed by atoms with Crippen LogP contribution in [0.15, 0.2) is 36.4 Å². The van der Waals surface area contributed by atoms with Crippen LogP contribution in [0.4, 0.5) is 11.5 Å². The van der Waals surface area contributed by atoms with Gasteiger partial charge < -0.3 is 16.2 Å². The summed E-state index contributed by atoms with van der Waals surface area (Å²) in [4.78, 5) is 14.9. The number of nitrogen functional groups attached to an aromatic ring is 1. The van der Waals surface area contributed by atoms with Gasteiger partial charge in [0.1, 0.15) is 0 Å². The molecule has 2 aromatic rings. The number of hydrogen-bond acceptors (Lipinski definition) is 4. The normalized spacial score (nSPS) is 11.9.